The van der Waals surface area contributed by atoms with E-state index in [0.717, 1.165) is 16.9 Å². The van der Waals surface area contributed by atoms with Gasteiger partial charge in [0.2, 0.25) is 0 Å². The molecule has 0 atom stereocenters. The number of nitrogens with one attached hydrogen (secondary N) is 1. The highest BCUT2D eigenvalue weighted by molar-refractivity contribution is 5.94. The molecule has 0 bridgehead atoms. The first-order valence-corrected chi connectivity index (χ1v) is 8.40. The van der Waals surface area contributed by atoms with E-state index in [-0.39, 0.29) is 5.91 Å². The molecular formula is C21H18N4O. The van der Waals surface area contributed by atoms with Crippen LogP contribution in [-0.4, -0.2) is 20.3 Å². The maximum atomic E-state index is 12.5. The van der Waals surface area contributed by atoms with Crippen LogP contribution in [0.25, 0.3) is 11.4 Å². The quantitative estimate of drug-likeness (QED) is 0.602. The minimum Gasteiger partial charge on any atom is -0.348 e. The third-order valence-corrected chi connectivity index (χ3v) is 4.14. The second kappa shape index (κ2) is 7.11. The monoisotopic (exact) mass is 342 g/mol. The number of carbonyl (C=O) groups excluding carboxylic acids is 1. The summed E-state index contributed by atoms with van der Waals surface area (Å²) >= 11 is 0. The van der Waals surface area contributed by atoms with Gasteiger partial charge in [0.1, 0.15) is 0 Å². The van der Waals surface area contributed by atoms with E-state index in [0.29, 0.717) is 12.1 Å². The molecule has 5 nitrogen and oxygen atoms in total. The van der Waals surface area contributed by atoms with E-state index >= 15 is 0 Å². The molecule has 0 saturated heterocycles. The fourth-order valence-electron chi connectivity index (χ4n) is 2.83. The Morgan fingerprint density at radius 2 is 1.69 bits per heavy atom. The number of nitrogens with zero attached hydrogens (tertiary/aromatic N) is 3. The van der Waals surface area contributed by atoms with Crippen LogP contribution in [0.4, 0.5) is 0 Å². The van der Waals surface area contributed by atoms with E-state index < -0.39 is 0 Å². The molecule has 0 aliphatic carbocycles. The maximum Gasteiger partial charge on any atom is 0.251 e. The number of benzene rings is 2. The highest BCUT2D eigenvalue weighted by Gasteiger charge is 2.07. The predicted molar refractivity (Wildman–Crippen MR) is 101 cm³/mol. The second-order valence-corrected chi connectivity index (χ2v) is 5.94. The highest BCUT2D eigenvalue weighted by Crippen LogP contribution is 2.12. The van der Waals surface area contributed by atoms with E-state index in [4.69, 9.17) is 0 Å². The van der Waals surface area contributed by atoms with E-state index in [1.165, 1.54) is 0 Å². The Kier molecular flexibility index (Phi) is 4.35. The highest BCUT2D eigenvalue weighted by atomic mass is 16.1. The van der Waals surface area contributed by atoms with Crippen molar-refractivity contribution >= 4 is 5.91 Å². The summed E-state index contributed by atoms with van der Waals surface area (Å²) in [5, 5.41) is 7.21. The van der Waals surface area contributed by atoms with Gasteiger partial charge in [-0.05, 0) is 54.1 Å². The normalized spacial score (nSPS) is 10.6. The lowest BCUT2D eigenvalue weighted by atomic mass is 10.1. The molecule has 1 amide bonds. The Bertz CT molecular complexity index is 1000. The van der Waals surface area contributed by atoms with Crippen molar-refractivity contribution in [3.05, 3.63) is 103 Å². The first kappa shape index (κ1) is 15.9. The molecule has 0 unspecified atom stereocenters. The van der Waals surface area contributed by atoms with Gasteiger partial charge in [0.15, 0.2) is 0 Å². The molecule has 0 saturated carbocycles. The summed E-state index contributed by atoms with van der Waals surface area (Å²) in [6, 6.07) is 21.3. The Hall–Kier alpha value is -3.60. The number of amides is 1. The molecule has 2 heterocycles. The lowest BCUT2D eigenvalue weighted by Crippen LogP contribution is -2.23. The molecule has 0 radical (unpaired) electrons. The molecule has 2 aromatic heterocycles. The molecule has 0 aliphatic heterocycles. The standard InChI is InChI=1S/C21H18N4O/c26-21(18-7-4-8-19(15-18)24-11-1-2-12-24)22-16-17-6-3-9-20(14-17)25-13-5-10-23-25/h1-15H,16H2,(H,22,26). The molecule has 0 aliphatic rings. The topological polar surface area (TPSA) is 51.9 Å². The third-order valence-electron chi connectivity index (χ3n) is 4.14. The average molecular weight is 342 g/mol. The first-order chi connectivity index (χ1) is 12.8. The molecule has 5 heteroatoms. The van der Waals surface area contributed by atoms with Crippen molar-refractivity contribution < 1.29 is 4.79 Å². The van der Waals surface area contributed by atoms with Crippen LogP contribution in [0.1, 0.15) is 15.9 Å². The smallest absolute Gasteiger partial charge is 0.251 e. The number of hydrogen-bond donors (Lipinski definition) is 1. The molecule has 4 rings (SSSR count). The van der Waals surface area contributed by atoms with Gasteiger partial charge in [-0.3, -0.25) is 4.79 Å². The summed E-state index contributed by atoms with van der Waals surface area (Å²) in [5.74, 6) is -0.0940. The average Bonchev–Trinajstić information content (AvgIpc) is 3.40. The molecule has 128 valence electrons. The Balaban J connectivity index is 1.46. The van der Waals surface area contributed by atoms with Crippen LogP contribution in [0, 0.1) is 0 Å². The van der Waals surface area contributed by atoms with E-state index in [9.17, 15) is 4.79 Å². The van der Waals surface area contributed by atoms with Gasteiger partial charge in [0.25, 0.3) is 5.91 Å². The lowest BCUT2D eigenvalue weighted by Gasteiger charge is -2.09. The second-order valence-electron chi connectivity index (χ2n) is 5.94. The van der Waals surface area contributed by atoms with Crippen molar-refractivity contribution in [1.82, 2.24) is 19.7 Å². The van der Waals surface area contributed by atoms with E-state index in [2.05, 4.69) is 10.4 Å². The van der Waals surface area contributed by atoms with Crippen LogP contribution in [0.5, 0.6) is 0 Å². The lowest BCUT2D eigenvalue weighted by molar-refractivity contribution is 0.0951. The summed E-state index contributed by atoms with van der Waals surface area (Å²) in [4.78, 5) is 12.5. The van der Waals surface area contributed by atoms with Crippen molar-refractivity contribution in [2.75, 3.05) is 0 Å². The third kappa shape index (κ3) is 3.42. The van der Waals surface area contributed by atoms with Crippen molar-refractivity contribution in [3.63, 3.8) is 0 Å². The van der Waals surface area contributed by atoms with Crippen LogP contribution < -0.4 is 5.32 Å². The molecule has 4 aromatic rings. The zero-order valence-corrected chi connectivity index (χ0v) is 14.1. The van der Waals surface area contributed by atoms with E-state index in [1.54, 1.807) is 10.9 Å². The molecule has 26 heavy (non-hydrogen) atoms. The molecule has 0 spiro atoms. The van der Waals surface area contributed by atoms with Crippen molar-refractivity contribution in [2.45, 2.75) is 6.54 Å². The Morgan fingerprint density at radius 3 is 2.50 bits per heavy atom. The predicted octanol–water partition coefficient (Wildman–Crippen LogP) is 3.59. The molecule has 2 aromatic carbocycles. The number of rotatable bonds is 5. The van der Waals surface area contributed by atoms with Gasteiger partial charge in [0.05, 0.1) is 5.69 Å². The van der Waals surface area contributed by atoms with Gasteiger partial charge >= 0.3 is 0 Å². The van der Waals surface area contributed by atoms with Gasteiger partial charge in [-0.25, -0.2) is 4.68 Å². The summed E-state index contributed by atoms with van der Waals surface area (Å²) in [7, 11) is 0. The van der Waals surface area contributed by atoms with Crippen LogP contribution in [0.15, 0.2) is 91.5 Å². The molecular weight excluding hydrogens is 324 g/mol. The van der Waals surface area contributed by atoms with Crippen LogP contribution in [0.3, 0.4) is 0 Å². The van der Waals surface area contributed by atoms with Crippen molar-refractivity contribution in [1.29, 1.82) is 0 Å². The van der Waals surface area contributed by atoms with Crippen LogP contribution in [0.2, 0.25) is 0 Å². The van der Waals surface area contributed by atoms with Gasteiger partial charge in [-0.2, -0.15) is 5.10 Å². The summed E-state index contributed by atoms with van der Waals surface area (Å²) in [6.07, 6.45) is 7.55. The van der Waals surface area contributed by atoms with Crippen molar-refractivity contribution in [2.24, 2.45) is 0 Å². The van der Waals surface area contributed by atoms with Crippen molar-refractivity contribution in [3.8, 4) is 11.4 Å². The van der Waals surface area contributed by atoms with Gasteiger partial charge in [0, 0.05) is 42.6 Å². The number of carbonyl (C=O) groups is 1. The maximum absolute atomic E-state index is 12.5. The molecule has 1 N–H and O–H groups in total. The number of hydrogen-bond acceptors (Lipinski definition) is 2. The Labute approximate surface area is 151 Å². The van der Waals surface area contributed by atoms with E-state index in [1.807, 2.05) is 89.9 Å². The number of aromatic nitrogens is 3. The minimum atomic E-state index is -0.0940. The Morgan fingerprint density at radius 1 is 0.885 bits per heavy atom. The van der Waals surface area contributed by atoms with Gasteiger partial charge < -0.3 is 9.88 Å². The zero-order valence-electron chi connectivity index (χ0n) is 14.1. The minimum absolute atomic E-state index is 0.0940. The van der Waals surface area contributed by atoms with Gasteiger partial charge in [-0.1, -0.05) is 18.2 Å². The SMILES string of the molecule is O=C(NCc1cccc(-n2cccn2)c1)c1cccc(-n2cccc2)c1. The summed E-state index contributed by atoms with van der Waals surface area (Å²) in [6.45, 7) is 0.460. The summed E-state index contributed by atoms with van der Waals surface area (Å²) in [5.41, 5.74) is 3.59. The fraction of sp³-hybridized carbons (Fsp3) is 0.0476. The summed E-state index contributed by atoms with van der Waals surface area (Å²) < 4.78 is 3.77. The zero-order chi connectivity index (χ0) is 17.8. The largest absolute Gasteiger partial charge is 0.348 e. The van der Waals surface area contributed by atoms with Gasteiger partial charge in [-0.15, -0.1) is 0 Å². The van der Waals surface area contributed by atoms with Crippen LogP contribution >= 0.6 is 0 Å². The van der Waals surface area contributed by atoms with Crippen LogP contribution in [-0.2, 0) is 6.54 Å². The first-order valence-electron chi connectivity index (χ1n) is 8.40. The molecule has 0 fully saturated rings. The fourth-order valence-corrected chi connectivity index (χ4v) is 2.83.